The quantitative estimate of drug-likeness (QED) is 0.709. The summed E-state index contributed by atoms with van der Waals surface area (Å²) in [5.74, 6) is 0.589. The van der Waals surface area contributed by atoms with Crippen molar-refractivity contribution in [2.75, 3.05) is 44.0 Å². The summed E-state index contributed by atoms with van der Waals surface area (Å²) in [5, 5.41) is 17.1. The van der Waals surface area contributed by atoms with Crippen molar-refractivity contribution >= 4 is 23.4 Å². The molecule has 0 bridgehead atoms. The van der Waals surface area contributed by atoms with Gasteiger partial charge in [-0.25, -0.2) is 0 Å². The van der Waals surface area contributed by atoms with Gasteiger partial charge in [-0.2, -0.15) is 4.98 Å². The van der Waals surface area contributed by atoms with Crippen molar-refractivity contribution in [3.63, 3.8) is 0 Å². The van der Waals surface area contributed by atoms with Gasteiger partial charge in [-0.05, 0) is 0 Å². The number of nitrogens with zero attached hydrogens (tertiary/aromatic N) is 4. The number of anilines is 2. The summed E-state index contributed by atoms with van der Waals surface area (Å²) in [4.78, 5) is 5.90. The van der Waals surface area contributed by atoms with Gasteiger partial charge in [0.2, 0.25) is 5.95 Å². The van der Waals surface area contributed by atoms with E-state index in [1.807, 2.05) is 4.90 Å². The molecule has 3 N–H and O–H groups in total. The Bertz CT molecular complexity index is 430. The minimum Gasteiger partial charge on any atom is -0.388 e. The first kappa shape index (κ1) is 14.2. The number of ether oxygens (including phenoxy) is 2. The Balaban J connectivity index is 1.75. The predicted octanol–water partition coefficient (Wildman–Crippen LogP) is -0.680. The van der Waals surface area contributed by atoms with Crippen LogP contribution in [-0.4, -0.2) is 65.9 Å². The number of halogens is 1. The zero-order valence-corrected chi connectivity index (χ0v) is 11.2. The van der Waals surface area contributed by atoms with Crippen molar-refractivity contribution in [2.24, 2.45) is 0 Å². The van der Waals surface area contributed by atoms with Gasteiger partial charge < -0.3 is 25.2 Å². The maximum atomic E-state index is 9.44. The molecule has 1 aliphatic rings. The number of hydrogen-bond acceptors (Lipinski definition) is 8. The van der Waals surface area contributed by atoms with E-state index >= 15 is 0 Å². The van der Waals surface area contributed by atoms with E-state index in [1.54, 1.807) is 0 Å². The van der Waals surface area contributed by atoms with Gasteiger partial charge in [0.25, 0.3) is 0 Å². The first-order valence-electron chi connectivity index (χ1n) is 5.79. The third-order valence-corrected chi connectivity index (χ3v) is 2.94. The van der Waals surface area contributed by atoms with E-state index in [1.165, 1.54) is 7.11 Å². The highest BCUT2D eigenvalue weighted by molar-refractivity contribution is 6.31. The second-order valence-electron chi connectivity index (χ2n) is 4.26. The molecule has 19 heavy (non-hydrogen) atoms. The van der Waals surface area contributed by atoms with E-state index in [2.05, 4.69) is 15.2 Å². The molecule has 0 aliphatic carbocycles. The number of aromatic nitrogens is 3. The fraction of sp³-hybridized carbons (Fsp3) is 0.700. The monoisotopic (exact) mass is 289 g/mol. The maximum Gasteiger partial charge on any atom is 0.247 e. The summed E-state index contributed by atoms with van der Waals surface area (Å²) in [5.41, 5.74) is 5.55. The minimum absolute atomic E-state index is 0.0343. The number of methoxy groups -OCH3 is 1. The van der Waals surface area contributed by atoms with Crippen LogP contribution in [0.1, 0.15) is 0 Å². The van der Waals surface area contributed by atoms with Gasteiger partial charge in [0, 0.05) is 20.2 Å². The molecular formula is C10H16ClN5O3. The van der Waals surface area contributed by atoms with E-state index in [-0.39, 0.29) is 30.3 Å². The summed E-state index contributed by atoms with van der Waals surface area (Å²) in [7, 11) is 1.53. The van der Waals surface area contributed by atoms with Crippen molar-refractivity contribution in [3.8, 4) is 0 Å². The van der Waals surface area contributed by atoms with Crippen LogP contribution in [0.25, 0.3) is 0 Å². The van der Waals surface area contributed by atoms with Crippen molar-refractivity contribution in [1.29, 1.82) is 0 Å². The van der Waals surface area contributed by atoms with Crippen molar-refractivity contribution in [2.45, 2.75) is 12.2 Å². The van der Waals surface area contributed by atoms with Crippen LogP contribution in [0, 0.1) is 0 Å². The zero-order valence-electron chi connectivity index (χ0n) is 10.5. The van der Waals surface area contributed by atoms with Gasteiger partial charge in [-0.3, -0.25) is 0 Å². The van der Waals surface area contributed by atoms with Gasteiger partial charge in [-0.15, -0.1) is 10.2 Å². The highest BCUT2D eigenvalue weighted by atomic mass is 35.5. The molecule has 1 aromatic heterocycles. The Morgan fingerprint density at radius 2 is 2.21 bits per heavy atom. The van der Waals surface area contributed by atoms with Gasteiger partial charge in [0.15, 0.2) is 11.0 Å². The smallest absolute Gasteiger partial charge is 0.247 e. The molecule has 2 heterocycles. The predicted molar refractivity (Wildman–Crippen MR) is 69.1 cm³/mol. The van der Waals surface area contributed by atoms with Gasteiger partial charge in [0.05, 0.1) is 19.3 Å². The first-order valence-corrected chi connectivity index (χ1v) is 6.17. The average Bonchev–Trinajstić information content (AvgIpc) is 2.32. The Morgan fingerprint density at radius 3 is 2.84 bits per heavy atom. The van der Waals surface area contributed by atoms with Gasteiger partial charge >= 0.3 is 0 Å². The molecule has 1 aliphatic heterocycles. The molecule has 9 heteroatoms. The molecule has 0 aromatic carbocycles. The third-order valence-electron chi connectivity index (χ3n) is 2.67. The lowest BCUT2D eigenvalue weighted by Crippen LogP contribution is -2.53. The number of aliphatic hydroxyl groups is 1. The average molecular weight is 290 g/mol. The normalized spacial score (nSPS) is 17.3. The van der Waals surface area contributed by atoms with E-state index in [4.69, 9.17) is 26.8 Å². The molecule has 2 rings (SSSR count). The van der Waals surface area contributed by atoms with Crippen LogP contribution < -0.4 is 10.6 Å². The summed E-state index contributed by atoms with van der Waals surface area (Å²) < 4.78 is 10.3. The van der Waals surface area contributed by atoms with E-state index in [0.717, 1.165) is 0 Å². The van der Waals surface area contributed by atoms with Crippen LogP contribution in [0.3, 0.4) is 0 Å². The third kappa shape index (κ3) is 3.63. The number of nitrogen functional groups attached to an aromatic ring is 1. The molecule has 8 nitrogen and oxygen atoms in total. The molecule has 1 atom stereocenters. The molecule has 1 saturated heterocycles. The Labute approximate surface area is 115 Å². The zero-order chi connectivity index (χ0) is 13.8. The molecule has 1 unspecified atom stereocenters. The molecule has 0 radical (unpaired) electrons. The lowest BCUT2D eigenvalue weighted by molar-refractivity contribution is -0.0439. The Hall–Kier alpha value is -1.22. The number of rotatable bonds is 6. The van der Waals surface area contributed by atoms with Crippen molar-refractivity contribution in [3.05, 3.63) is 5.15 Å². The van der Waals surface area contributed by atoms with Crippen molar-refractivity contribution in [1.82, 2.24) is 15.2 Å². The summed E-state index contributed by atoms with van der Waals surface area (Å²) >= 11 is 5.65. The molecule has 0 spiro atoms. The van der Waals surface area contributed by atoms with Crippen LogP contribution in [-0.2, 0) is 9.47 Å². The van der Waals surface area contributed by atoms with Crippen LogP contribution in [0.2, 0.25) is 5.15 Å². The second kappa shape index (κ2) is 6.29. The van der Waals surface area contributed by atoms with Crippen LogP contribution in [0.4, 0.5) is 11.8 Å². The molecule has 0 amide bonds. The van der Waals surface area contributed by atoms with Gasteiger partial charge in [-0.1, -0.05) is 11.6 Å². The maximum absolute atomic E-state index is 9.44. The number of hydrogen-bond donors (Lipinski definition) is 2. The minimum atomic E-state index is -0.608. The molecule has 1 fully saturated rings. The van der Waals surface area contributed by atoms with Crippen LogP contribution in [0.15, 0.2) is 0 Å². The molecule has 106 valence electrons. The number of aliphatic hydroxyl groups excluding tert-OH is 1. The fourth-order valence-corrected chi connectivity index (χ4v) is 1.72. The molecule has 1 aromatic rings. The summed E-state index contributed by atoms with van der Waals surface area (Å²) in [6, 6.07) is 0. The summed E-state index contributed by atoms with van der Waals surface area (Å²) in [6.45, 7) is 1.76. The van der Waals surface area contributed by atoms with E-state index < -0.39 is 6.10 Å². The highest BCUT2D eigenvalue weighted by Crippen LogP contribution is 2.20. The van der Waals surface area contributed by atoms with Crippen LogP contribution in [0.5, 0.6) is 0 Å². The Morgan fingerprint density at radius 1 is 1.47 bits per heavy atom. The van der Waals surface area contributed by atoms with Crippen LogP contribution >= 0.6 is 11.6 Å². The van der Waals surface area contributed by atoms with Gasteiger partial charge in [0.1, 0.15) is 6.10 Å². The highest BCUT2D eigenvalue weighted by Gasteiger charge is 2.30. The fourth-order valence-electron chi connectivity index (χ4n) is 1.64. The standard InChI is InChI=1S/C10H16ClN5O3/c1-18-4-6(17)5-19-7-2-16(3-7)10-13-9(12)8(11)14-15-10/h6-7,17H,2-5H2,1H3,(H2,12,13,15). The lowest BCUT2D eigenvalue weighted by Gasteiger charge is -2.38. The second-order valence-corrected chi connectivity index (χ2v) is 4.62. The van der Waals surface area contributed by atoms with Crippen molar-refractivity contribution < 1.29 is 14.6 Å². The number of nitrogens with two attached hydrogens (primary N) is 1. The Kier molecular flexibility index (Phi) is 4.70. The summed E-state index contributed by atoms with van der Waals surface area (Å²) in [6.07, 6.45) is -0.574. The lowest BCUT2D eigenvalue weighted by atomic mass is 10.2. The first-order chi connectivity index (χ1) is 9.10. The van der Waals surface area contributed by atoms with E-state index in [0.29, 0.717) is 19.0 Å². The topological polar surface area (TPSA) is 107 Å². The SMILES string of the molecule is COCC(O)COC1CN(c2nnc(Cl)c(N)n2)C1. The largest absolute Gasteiger partial charge is 0.388 e. The molecule has 0 saturated carbocycles. The van der Waals surface area contributed by atoms with E-state index in [9.17, 15) is 5.11 Å². The molecular weight excluding hydrogens is 274 g/mol.